The lowest BCUT2D eigenvalue weighted by Gasteiger charge is -2.15. The van der Waals surface area contributed by atoms with Gasteiger partial charge in [0, 0.05) is 17.5 Å². The third kappa shape index (κ3) is 2.44. The Labute approximate surface area is 120 Å². The van der Waals surface area contributed by atoms with Gasteiger partial charge in [-0.2, -0.15) is 13.2 Å². The monoisotopic (exact) mass is 293 g/mol. The van der Waals surface area contributed by atoms with Crippen LogP contribution in [0.3, 0.4) is 0 Å². The van der Waals surface area contributed by atoms with Crippen LogP contribution in [0.2, 0.25) is 0 Å². The van der Waals surface area contributed by atoms with E-state index in [9.17, 15) is 13.2 Å². The number of methoxy groups -OCH3 is 1. The number of para-hydroxylation sites is 1. The molecule has 3 rings (SSSR count). The van der Waals surface area contributed by atoms with Crippen molar-refractivity contribution in [1.29, 1.82) is 0 Å². The van der Waals surface area contributed by atoms with Crippen molar-refractivity contribution in [3.63, 3.8) is 0 Å². The highest BCUT2D eigenvalue weighted by Gasteiger charge is 2.34. The zero-order valence-corrected chi connectivity index (χ0v) is 11.2. The van der Waals surface area contributed by atoms with Gasteiger partial charge >= 0.3 is 6.18 Å². The molecule has 2 aromatic carbocycles. The number of hydrogen-bond acceptors (Lipinski definition) is 2. The predicted octanol–water partition coefficient (Wildman–Crippen LogP) is 4.48. The van der Waals surface area contributed by atoms with Crippen LogP contribution in [0.4, 0.5) is 13.2 Å². The lowest BCUT2D eigenvalue weighted by atomic mass is 9.97. The third-order valence-corrected chi connectivity index (χ3v) is 3.39. The molecule has 5 heteroatoms. The van der Waals surface area contributed by atoms with Gasteiger partial charge in [0.25, 0.3) is 0 Å². The van der Waals surface area contributed by atoms with E-state index >= 15 is 0 Å². The quantitative estimate of drug-likeness (QED) is 0.813. The van der Waals surface area contributed by atoms with Crippen LogP contribution in [0.1, 0.15) is 11.1 Å². The minimum atomic E-state index is -4.39. The van der Waals surface area contributed by atoms with Crippen LogP contribution in [0.15, 0.2) is 36.4 Å². The van der Waals surface area contributed by atoms with Gasteiger partial charge < -0.3 is 9.47 Å². The van der Waals surface area contributed by atoms with Gasteiger partial charge in [-0.25, -0.2) is 0 Å². The molecular weight excluding hydrogens is 281 g/mol. The first-order chi connectivity index (χ1) is 10.0. The van der Waals surface area contributed by atoms with E-state index in [2.05, 4.69) is 0 Å². The van der Waals surface area contributed by atoms with Gasteiger partial charge in [0.1, 0.15) is 18.1 Å². The summed E-state index contributed by atoms with van der Waals surface area (Å²) in [6.45, 7) is 1.50. The second-order valence-electron chi connectivity index (χ2n) is 4.70. The molecule has 0 saturated heterocycles. The summed E-state index contributed by atoms with van der Waals surface area (Å²) in [5.74, 6) is 0.974. The maximum absolute atomic E-state index is 13.1. The Bertz CT molecular complexity index is 678. The van der Waals surface area contributed by atoms with Gasteiger partial charge in [-0.15, -0.1) is 0 Å². The number of fused-ring (bicyclic) bond motifs is 1. The Balaban J connectivity index is 2.24. The van der Waals surface area contributed by atoms with Crippen molar-refractivity contribution in [3.05, 3.63) is 54.1 Å². The van der Waals surface area contributed by atoms with E-state index in [0.717, 1.165) is 12.1 Å². The first kappa shape index (κ1) is 13.8. The molecule has 0 fully saturated rings. The van der Waals surface area contributed by atoms with Crippen molar-refractivity contribution in [2.75, 3.05) is 7.11 Å². The van der Waals surface area contributed by atoms with Crippen molar-refractivity contribution in [3.8, 4) is 22.6 Å². The summed E-state index contributed by atoms with van der Waals surface area (Å²) in [6, 6.07) is 9.19. The Morgan fingerprint density at radius 3 is 2.57 bits per heavy atom. The molecule has 1 radical (unpaired) electrons. The molecule has 0 atom stereocenters. The number of ether oxygens (including phenoxy) is 2. The highest BCUT2D eigenvalue weighted by molar-refractivity contribution is 5.78. The van der Waals surface area contributed by atoms with Gasteiger partial charge in [-0.05, 0) is 23.8 Å². The normalized spacial score (nSPS) is 13.7. The Morgan fingerprint density at radius 1 is 1.10 bits per heavy atom. The van der Waals surface area contributed by atoms with Crippen LogP contribution in [-0.4, -0.2) is 7.11 Å². The number of halogens is 3. The van der Waals surface area contributed by atoms with Crippen molar-refractivity contribution in [2.45, 2.75) is 12.6 Å². The number of benzene rings is 2. The molecule has 0 saturated carbocycles. The minimum absolute atomic E-state index is 0.363. The smallest absolute Gasteiger partial charge is 0.416 e. The lowest BCUT2D eigenvalue weighted by molar-refractivity contribution is -0.137. The standard InChI is InChI=1S/C16H12F3O2/c1-20-14-5-3-2-4-12(14)13-9-11(16(17,18)19)8-10-6-7-21-15(10)13/h2-5,7-9H,6H2,1H3. The molecule has 0 spiro atoms. The summed E-state index contributed by atoms with van der Waals surface area (Å²) in [4.78, 5) is 0. The zero-order chi connectivity index (χ0) is 15.0. The van der Waals surface area contributed by atoms with Gasteiger partial charge in [0.15, 0.2) is 0 Å². The van der Waals surface area contributed by atoms with Gasteiger partial charge in [0.2, 0.25) is 0 Å². The second kappa shape index (κ2) is 4.98. The topological polar surface area (TPSA) is 18.5 Å². The summed E-state index contributed by atoms with van der Waals surface area (Å²) in [7, 11) is 1.49. The molecule has 2 aromatic rings. The maximum atomic E-state index is 13.1. The van der Waals surface area contributed by atoms with E-state index in [-0.39, 0.29) is 0 Å². The van der Waals surface area contributed by atoms with Crippen LogP contribution in [0.5, 0.6) is 11.5 Å². The Morgan fingerprint density at radius 2 is 1.86 bits per heavy atom. The summed E-state index contributed by atoms with van der Waals surface area (Å²) in [5, 5.41) is 0. The molecule has 0 aliphatic carbocycles. The van der Waals surface area contributed by atoms with E-state index in [1.165, 1.54) is 13.7 Å². The van der Waals surface area contributed by atoms with Crippen LogP contribution in [0, 0.1) is 6.61 Å². The first-order valence-electron chi connectivity index (χ1n) is 6.36. The largest absolute Gasteiger partial charge is 0.496 e. The van der Waals surface area contributed by atoms with Crippen molar-refractivity contribution in [1.82, 2.24) is 0 Å². The molecule has 109 valence electrons. The minimum Gasteiger partial charge on any atom is -0.496 e. The zero-order valence-electron chi connectivity index (χ0n) is 11.2. The molecule has 0 amide bonds. The second-order valence-corrected chi connectivity index (χ2v) is 4.70. The Hall–Kier alpha value is -2.17. The van der Waals surface area contributed by atoms with Gasteiger partial charge in [-0.1, -0.05) is 18.2 Å². The molecule has 1 aliphatic heterocycles. The third-order valence-electron chi connectivity index (χ3n) is 3.39. The van der Waals surface area contributed by atoms with Crippen LogP contribution in [-0.2, 0) is 12.6 Å². The van der Waals surface area contributed by atoms with Crippen LogP contribution < -0.4 is 9.47 Å². The van der Waals surface area contributed by atoms with Crippen molar-refractivity contribution < 1.29 is 22.6 Å². The fourth-order valence-corrected chi connectivity index (χ4v) is 2.43. The fraction of sp³-hybridized carbons (Fsp3) is 0.188. The maximum Gasteiger partial charge on any atom is 0.416 e. The summed E-state index contributed by atoms with van der Waals surface area (Å²) in [5.41, 5.74) is 0.829. The molecule has 21 heavy (non-hydrogen) atoms. The molecule has 2 nitrogen and oxygen atoms in total. The van der Waals surface area contributed by atoms with E-state index in [1.807, 2.05) is 0 Å². The first-order valence-corrected chi connectivity index (χ1v) is 6.36. The molecule has 1 heterocycles. The van der Waals surface area contributed by atoms with Crippen molar-refractivity contribution >= 4 is 0 Å². The highest BCUT2D eigenvalue weighted by Crippen LogP contribution is 2.45. The van der Waals surface area contributed by atoms with E-state index in [0.29, 0.717) is 34.6 Å². The highest BCUT2D eigenvalue weighted by atomic mass is 19.4. The summed E-state index contributed by atoms with van der Waals surface area (Å²) >= 11 is 0. The average molecular weight is 293 g/mol. The molecule has 1 aliphatic rings. The number of alkyl halides is 3. The SMILES string of the molecule is COc1ccccc1-c1cc(C(F)(F)F)cc2c1O[CH]C2. The lowest BCUT2D eigenvalue weighted by Crippen LogP contribution is -2.06. The van der Waals surface area contributed by atoms with Gasteiger partial charge in [-0.3, -0.25) is 0 Å². The molecule has 0 bridgehead atoms. The van der Waals surface area contributed by atoms with Crippen molar-refractivity contribution in [2.24, 2.45) is 0 Å². The molecule has 0 N–H and O–H groups in total. The van der Waals surface area contributed by atoms with Crippen LogP contribution in [0.25, 0.3) is 11.1 Å². The van der Waals surface area contributed by atoms with Gasteiger partial charge in [0.05, 0.1) is 12.7 Å². The number of hydrogen-bond donors (Lipinski definition) is 0. The molecule has 0 aromatic heterocycles. The summed E-state index contributed by atoms with van der Waals surface area (Å²) < 4.78 is 49.8. The fourth-order valence-electron chi connectivity index (χ4n) is 2.43. The number of rotatable bonds is 2. The molecular formula is C16H12F3O2. The van der Waals surface area contributed by atoms with E-state index in [1.54, 1.807) is 24.3 Å². The van der Waals surface area contributed by atoms with E-state index in [4.69, 9.17) is 9.47 Å². The van der Waals surface area contributed by atoms with Crippen LogP contribution >= 0.6 is 0 Å². The average Bonchev–Trinajstić information content (AvgIpc) is 2.93. The molecule has 0 unspecified atom stereocenters. The van der Waals surface area contributed by atoms with E-state index < -0.39 is 11.7 Å². The summed E-state index contributed by atoms with van der Waals surface area (Å²) in [6.07, 6.45) is -4.03. The predicted molar refractivity (Wildman–Crippen MR) is 72.1 cm³/mol. The Kier molecular flexibility index (Phi) is 3.27.